The molecule has 7 nitrogen and oxygen atoms in total. The van der Waals surface area contributed by atoms with E-state index in [0.29, 0.717) is 24.7 Å². The third kappa shape index (κ3) is 4.83. The lowest BCUT2D eigenvalue weighted by molar-refractivity contribution is -0.116. The van der Waals surface area contributed by atoms with Crippen LogP contribution in [0, 0.1) is 0 Å². The molecule has 22 heavy (non-hydrogen) atoms. The van der Waals surface area contributed by atoms with E-state index >= 15 is 0 Å². The third-order valence-electron chi connectivity index (χ3n) is 2.76. The van der Waals surface area contributed by atoms with Gasteiger partial charge in [0.1, 0.15) is 11.9 Å². The van der Waals surface area contributed by atoms with Crippen LogP contribution >= 0.6 is 0 Å². The quantitative estimate of drug-likeness (QED) is 0.913. The van der Waals surface area contributed by atoms with Crippen LogP contribution in [0.15, 0.2) is 24.5 Å². The van der Waals surface area contributed by atoms with E-state index in [-0.39, 0.29) is 11.5 Å². The van der Waals surface area contributed by atoms with Gasteiger partial charge < -0.3 is 4.74 Å². The van der Waals surface area contributed by atoms with E-state index < -0.39 is 0 Å². The first-order chi connectivity index (χ1) is 10.3. The van der Waals surface area contributed by atoms with Gasteiger partial charge in [-0.25, -0.2) is 9.67 Å². The fraction of sp³-hybridized carbons (Fsp3) is 0.467. The van der Waals surface area contributed by atoms with Crippen molar-refractivity contribution in [3.8, 4) is 5.88 Å². The number of nitrogens with zero attached hydrogens (tertiary/aromatic N) is 4. The molecule has 0 unspecified atom stereocenters. The van der Waals surface area contributed by atoms with Crippen LogP contribution in [0.3, 0.4) is 0 Å². The number of hydrogen-bond donors (Lipinski definition) is 1. The third-order valence-corrected chi connectivity index (χ3v) is 2.76. The summed E-state index contributed by atoms with van der Waals surface area (Å²) in [6.45, 7) is 5.90. The first-order valence-electron chi connectivity index (χ1n) is 7.12. The maximum atomic E-state index is 11.9. The van der Waals surface area contributed by atoms with E-state index in [1.807, 2.05) is 39.0 Å². The van der Waals surface area contributed by atoms with Crippen molar-refractivity contribution < 1.29 is 9.53 Å². The molecule has 0 aliphatic carbocycles. The molecule has 0 aliphatic heterocycles. The molecule has 0 radical (unpaired) electrons. The van der Waals surface area contributed by atoms with E-state index in [9.17, 15) is 4.79 Å². The van der Waals surface area contributed by atoms with Crippen LogP contribution < -0.4 is 10.1 Å². The first-order valence-corrected chi connectivity index (χ1v) is 7.12. The molecule has 0 aliphatic rings. The Labute approximate surface area is 129 Å². The summed E-state index contributed by atoms with van der Waals surface area (Å²) in [6.07, 6.45) is 2.24. The second-order valence-corrected chi connectivity index (χ2v) is 5.94. The summed E-state index contributed by atoms with van der Waals surface area (Å²) in [5.41, 5.74) is 0.517. The number of hydrogen-bond acceptors (Lipinski definition) is 5. The smallest absolute Gasteiger partial charge is 0.227 e. The Morgan fingerprint density at radius 3 is 2.77 bits per heavy atom. The highest BCUT2D eigenvalue weighted by Crippen LogP contribution is 2.16. The second kappa shape index (κ2) is 6.55. The van der Waals surface area contributed by atoms with Crippen molar-refractivity contribution in [1.29, 1.82) is 0 Å². The van der Waals surface area contributed by atoms with Gasteiger partial charge in [0.2, 0.25) is 17.7 Å². The largest absolute Gasteiger partial charge is 0.472 e. The zero-order chi connectivity index (χ0) is 16.2. The molecular formula is C15H21N5O2. The molecular weight excluding hydrogens is 282 g/mol. The van der Waals surface area contributed by atoms with Crippen molar-refractivity contribution in [2.45, 2.75) is 39.2 Å². The minimum absolute atomic E-state index is 0.125. The van der Waals surface area contributed by atoms with E-state index in [1.54, 1.807) is 7.05 Å². The highest BCUT2D eigenvalue weighted by atomic mass is 16.5. The molecule has 0 spiro atoms. The number of carbonyl (C=O) groups is 1. The van der Waals surface area contributed by atoms with E-state index in [2.05, 4.69) is 20.4 Å². The van der Waals surface area contributed by atoms with Crippen molar-refractivity contribution in [2.75, 3.05) is 5.32 Å². The Morgan fingerprint density at radius 1 is 1.36 bits per heavy atom. The average Bonchev–Trinajstić information content (AvgIpc) is 2.80. The summed E-state index contributed by atoms with van der Waals surface area (Å²) in [5.74, 6) is 0.876. The summed E-state index contributed by atoms with van der Waals surface area (Å²) in [6, 6.07) is 5.57. The maximum Gasteiger partial charge on any atom is 0.227 e. The number of amides is 1. The van der Waals surface area contributed by atoms with Crippen LogP contribution in [-0.4, -0.2) is 31.3 Å². The fourth-order valence-corrected chi connectivity index (χ4v) is 1.81. The van der Waals surface area contributed by atoms with Gasteiger partial charge in [-0.3, -0.25) is 10.1 Å². The Kier molecular flexibility index (Phi) is 4.75. The Balaban J connectivity index is 1.90. The zero-order valence-electron chi connectivity index (χ0n) is 13.3. The van der Waals surface area contributed by atoms with Crippen molar-refractivity contribution in [3.05, 3.63) is 30.2 Å². The molecule has 2 aromatic heterocycles. The van der Waals surface area contributed by atoms with Crippen molar-refractivity contribution in [3.63, 3.8) is 0 Å². The number of nitrogens with one attached hydrogen (secondary N) is 1. The second-order valence-electron chi connectivity index (χ2n) is 5.94. The van der Waals surface area contributed by atoms with Crippen molar-refractivity contribution >= 4 is 11.9 Å². The van der Waals surface area contributed by atoms with Crippen molar-refractivity contribution in [1.82, 2.24) is 19.7 Å². The molecule has 0 bridgehead atoms. The maximum absolute atomic E-state index is 11.9. The van der Waals surface area contributed by atoms with E-state index in [1.165, 1.54) is 11.0 Å². The molecule has 0 atom stereocenters. The lowest BCUT2D eigenvalue weighted by Gasteiger charge is -2.20. The standard InChI is InChI=1S/C15H21N5O2/c1-15(2,3)22-13-7-5-6-11(18-13)8-9-12(21)19-14-16-10-17-20(14)4/h5-7,10H,8-9H2,1-4H3,(H,16,17,19,21). The van der Waals surface area contributed by atoms with Crippen LogP contribution in [-0.2, 0) is 18.3 Å². The molecule has 0 saturated heterocycles. The molecule has 1 amide bonds. The van der Waals surface area contributed by atoms with Gasteiger partial charge in [-0.1, -0.05) is 6.07 Å². The van der Waals surface area contributed by atoms with Gasteiger partial charge in [0.05, 0.1) is 0 Å². The highest BCUT2D eigenvalue weighted by Gasteiger charge is 2.13. The number of aromatic nitrogens is 4. The molecule has 1 N–H and O–H groups in total. The van der Waals surface area contributed by atoms with Gasteiger partial charge >= 0.3 is 0 Å². The summed E-state index contributed by atoms with van der Waals surface area (Å²) in [5, 5.41) is 6.60. The molecule has 0 saturated carbocycles. The molecule has 0 aromatic carbocycles. The minimum atomic E-state index is -0.297. The number of ether oxygens (including phenoxy) is 1. The van der Waals surface area contributed by atoms with Crippen LogP contribution in [0.1, 0.15) is 32.9 Å². The summed E-state index contributed by atoms with van der Waals surface area (Å²) < 4.78 is 7.22. The van der Waals surface area contributed by atoms with Gasteiger partial charge in [0.25, 0.3) is 0 Å². The summed E-state index contributed by atoms with van der Waals surface area (Å²) in [7, 11) is 1.72. The number of anilines is 1. The van der Waals surface area contributed by atoms with Crippen LogP contribution in [0.4, 0.5) is 5.95 Å². The number of pyridine rings is 1. The molecule has 118 valence electrons. The van der Waals surface area contributed by atoms with Crippen LogP contribution in [0.2, 0.25) is 0 Å². The normalized spacial score (nSPS) is 11.3. The predicted molar refractivity (Wildman–Crippen MR) is 82.6 cm³/mol. The fourth-order valence-electron chi connectivity index (χ4n) is 1.81. The lowest BCUT2D eigenvalue weighted by Crippen LogP contribution is -2.23. The van der Waals surface area contributed by atoms with Gasteiger partial charge in [-0.2, -0.15) is 10.1 Å². The summed E-state index contributed by atoms with van der Waals surface area (Å²) in [4.78, 5) is 20.3. The topological polar surface area (TPSA) is 81.9 Å². The SMILES string of the molecule is Cn1ncnc1NC(=O)CCc1cccc(OC(C)(C)C)n1. The van der Waals surface area contributed by atoms with Crippen molar-refractivity contribution in [2.24, 2.45) is 7.05 Å². The zero-order valence-corrected chi connectivity index (χ0v) is 13.3. The average molecular weight is 303 g/mol. The number of rotatable bonds is 5. The molecule has 7 heteroatoms. The molecule has 0 fully saturated rings. The molecule has 2 rings (SSSR count). The van der Waals surface area contributed by atoms with Gasteiger partial charge in [0, 0.05) is 25.2 Å². The number of aryl methyl sites for hydroxylation is 2. The van der Waals surface area contributed by atoms with Gasteiger partial charge in [-0.05, 0) is 33.3 Å². The molecule has 2 heterocycles. The Hall–Kier alpha value is -2.44. The Bertz CT molecular complexity index is 645. The van der Waals surface area contributed by atoms with E-state index in [4.69, 9.17) is 4.74 Å². The first kappa shape index (κ1) is 15.9. The van der Waals surface area contributed by atoms with Gasteiger partial charge in [0.15, 0.2) is 0 Å². The lowest BCUT2D eigenvalue weighted by atomic mass is 10.2. The predicted octanol–water partition coefficient (Wildman–Crippen LogP) is 1.96. The van der Waals surface area contributed by atoms with Gasteiger partial charge in [-0.15, -0.1) is 0 Å². The Morgan fingerprint density at radius 2 is 2.14 bits per heavy atom. The monoisotopic (exact) mass is 303 g/mol. The number of carbonyl (C=O) groups excluding carboxylic acids is 1. The summed E-state index contributed by atoms with van der Waals surface area (Å²) >= 11 is 0. The van der Waals surface area contributed by atoms with E-state index in [0.717, 1.165) is 5.69 Å². The van der Waals surface area contributed by atoms with Crippen LogP contribution in [0.25, 0.3) is 0 Å². The molecule has 2 aromatic rings. The minimum Gasteiger partial charge on any atom is -0.472 e. The van der Waals surface area contributed by atoms with Crippen LogP contribution in [0.5, 0.6) is 5.88 Å². The highest BCUT2D eigenvalue weighted by molar-refractivity contribution is 5.89.